The molecule has 0 aliphatic heterocycles. The second-order valence-electron chi connectivity index (χ2n) is 4.99. The van der Waals surface area contributed by atoms with E-state index < -0.39 is 5.97 Å². The van der Waals surface area contributed by atoms with E-state index in [9.17, 15) is 9.90 Å². The molecule has 2 aromatic rings. The van der Waals surface area contributed by atoms with Gasteiger partial charge in [-0.05, 0) is 17.2 Å². The minimum atomic E-state index is -0.936. The number of hydrogen-bond acceptors (Lipinski definition) is 5. The highest BCUT2D eigenvalue weighted by Crippen LogP contribution is 2.37. The van der Waals surface area contributed by atoms with Crippen LogP contribution in [0.3, 0.4) is 0 Å². The molecule has 0 atom stereocenters. The van der Waals surface area contributed by atoms with Crippen molar-refractivity contribution in [1.82, 2.24) is 0 Å². The van der Waals surface area contributed by atoms with E-state index in [0.717, 1.165) is 5.56 Å². The summed E-state index contributed by atoms with van der Waals surface area (Å²) in [4.78, 5) is 11.3. The molecule has 0 aliphatic carbocycles. The van der Waals surface area contributed by atoms with Crippen LogP contribution < -0.4 is 9.47 Å². The van der Waals surface area contributed by atoms with Gasteiger partial charge in [0.15, 0.2) is 13.6 Å². The lowest BCUT2D eigenvalue weighted by atomic mass is 9.96. The number of methoxy groups -OCH3 is 2. The third kappa shape index (κ3) is 4.71. The Morgan fingerprint density at radius 3 is 2.29 bits per heavy atom. The van der Waals surface area contributed by atoms with Crippen molar-refractivity contribution in [3.63, 3.8) is 0 Å². The predicted molar refractivity (Wildman–Crippen MR) is 88.2 cm³/mol. The summed E-state index contributed by atoms with van der Waals surface area (Å²) in [5, 5.41) is 9.24. The number of carbonyl (C=O) groups is 1. The average Bonchev–Trinajstić information content (AvgIpc) is 2.58. The van der Waals surface area contributed by atoms with Crippen molar-refractivity contribution < 1.29 is 28.8 Å². The van der Waals surface area contributed by atoms with E-state index in [1.165, 1.54) is 14.2 Å². The predicted octanol–water partition coefficient (Wildman–Crippen LogP) is 2.95. The fourth-order valence-corrected chi connectivity index (χ4v) is 2.33. The minimum absolute atomic E-state index is 0.0417. The molecule has 0 radical (unpaired) electrons. The Bertz CT molecular complexity index is 669. The first-order chi connectivity index (χ1) is 11.7. The molecule has 24 heavy (non-hydrogen) atoms. The third-order valence-electron chi connectivity index (χ3n) is 3.24. The Labute approximate surface area is 140 Å². The van der Waals surface area contributed by atoms with Gasteiger partial charge in [0, 0.05) is 25.8 Å². The molecule has 0 saturated carbocycles. The smallest absolute Gasteiger partial charge is 0.307 e. The molecule has 0 bridgehead atoms. The van der Waals surface area contributed by atoms with E-state index in [-0.39, 0.29) is 20.0 Å². The van der Waals surface area contributed by atoms with Gasteiger partial charge in [-0.15, -0.1) is 0 Å². The van der Waals surface area contributed by atoms with Crippen LogP contribution in [0.1, 0.15) is 5.56 Å². The standard InChI is InChI=1S/C18H20O6/c1-21-11-23-15-8-14(9-17(19)20)18(13-6-4-3-5-7-13)16(10-15)24-12-22-2/h3-8,10H,9,11-12H2,1-2H3,(H,19,20). The van der Waals surface area contributed by atoms with E-state index in [4.69, 9.17) is 18.9 Å². The van der Waals surface area contributed by atoms with E-state index in [0.29, 0.717) is 22.6 Å². The molecular weight excluding hydrogens is 312 g/mol. The Morgan fingerprint density at radius 1 is 1.00 bits per heavy atom. The third-order valence-corrected chi connectivity index (χ3v) is 3.24. The summed E-state index contributed by atoms with van der Waals surface area (Å²) in [7, 11) is 3.03. The first-order valence-corrected chi connectivity index (χ1v) is 7.33. The fraction of sp³-hybridized carbons (Fsp3) is 0.278. The summed E-state index contributed by atoms with van der Waals surface area (Å²) in [5.41, 5.74) is 2.16. The first kappa shape index (κ1) is 17.8. The lowest BCUT2D eigenvalue weighted by Gasteiger charge is -2.17. The summed E-state index contributed by atoms with van der Waals surface area (Å²) < 4.78 is 21.0. The largest absolute Gasteiger partial charge is 0.481 e. The molecule has 0 saturated heterocycles. The molecule has 2 aromatic carbocycles. The molecule has 0 aliphatic rings. The molecule has 6 heteroatoms. The Hall–Kier alpha value is -2.57. The molecule has 6 nitrogen and oxygen atoms in total. The highest BCUT2D eigenvalue weighted by atomic mass is 16.7. The molecule has 0 aromatic heterocycles. The SMILES string of the molecule is COCOc1cc(CC(=O)O)c(-c2ccccc2)c(OCOC)c1. The quantitative estimate of drug-likeness (QED) is 0.712. The second kappa shape index (κ2) is 8.90. The molecule has 1 N–H and O–H groups in total. The molecule has 0 heterocycles. The summed E-state index contributed by atoms with van der Waals surface area (Å²) in [5.74, 6) is 0.0283. The lowest BCUT2D eigenvalue weighted by molar-refractivity contribution is -0.136. The monoisotopic (exact) mass is 332 g/mol. The number of benzene rings is 2. The van der Waals surface area contributed by atoms with Crippen LogP contribution in [0, 0.1) is 0 Å². The van der Waals surface area contributed by atoms with Crippen LogP contribution in [0.4, 0.5) is 0 Å². The summed E-state index contributed by atoms with van der Waals surface area (Å²) in [6, 6.07) is 12.9. The Morgan fingerprint density at radius 2 is 1.67 bits per heavy atom. The fourth-order valence-electron chi connectivity index (χ4n) is 2.33. The topological polar surface area (TPSA) is 74.2 Å². The maximum Gasteiger partial charge on any atom is 0.307 e. The maximum atomic E-state index is 11.3. The van der Waals surface area contributed by atoms with Gasteiger partial charge >= 0.3 is 5.97 Å². The van der Waals surface area contributed by atoms with Gasteiger partial charge in [-0.2, -0.15) is 0 Å². The first-order valence-electron chi connectivity index (χ1n) is 7.33. The lowest BCUT2D eigenvalue weighted by Crippen LogP contribution is -2.07. The number of rotatable bonds is 9. The molecule has 2 rings (SSSR count). The van der Waals surface area contributed by atoms with Gasteiger partial charge in [0.25, 0.3) is 0 Å². The Balaban J connectivity index is 2.55. The number of ether oxygens (including phenoxy) is 4. The van der Waals surface area contributed by atoms with Crippen molar-refractivity contribution in [2.45, 2.75) is 6.42 Å². The van der Waals surface area contributed by atoms with Gasteiger partial charge in [0.05, 0.1) is 6.42 Å². The van der Waals surface area contributed by atoms with Crippen LogP contribution in [0.15, 0.2) is 42.5 Å². The van der Waals surface area contributed by atoms with E-state index in [2.05, 4.69) is 0 Å². The van der Waals surface area contributed by atoms with Gasteiger partial charge in [0.2, 0.25) is 0 Å². The zero-order chi connectivity index (χ0) is 17.4. The summed E-state index contributed by atoms with van der Waals surface area (Å²) >= 11 is 0. The van der Waals surface area contributed by atoms with Gasteiger partial charge in [0.1, 0.15) is 11.5 Å². The second-order valence-corrected chi connectivity index (χ2v) is 4.99. The maximum absolute atomic E-state index is 11.3. The summed E-state index contributed by atoms with van der Waals surface area (Å²) in [6.07, 6.45) is -0.155. The van der Waals surface area contributed by atoms with Gasteiger partial charge in [-0.3, -0.25) is 4.79 Å². The van der Waals surface area contributed by atoms with E-state index in [1.54, 1.807) is 12.1 Å². The average molecular weight is 332 g/mol. The summed E-state index contributed by atoms with van der Waals surface area (Å²) in [6.45, 7) is 0.0982. The Kier molecular flexibility index (Phi) is 6.60. The molecule has 0 spiro atoms. The van der Waals surface area contributed by atoms with Gasteiger partial charge < -0.3 is 24.1 Å². The van der Waals surface area contributed by atoms with Gasteiger partial charge in [-0.1, -0.05) is 30.3 Å². The van der Waals surface area contributed by atoms with Crippen molar-refractivity contribution in [1.29, 1.82) is 0 Å². The normalized spacial score (nSPS) is 10.4. The zero-order valence-corrected chi connectivity index (χ0v) is 13.7. The van der Waals surface area contributed by atoms with Crippen LogP contribution in [0.25, 0.3) is 11.1 Å². The van der Waals surface area contributed by atoms with Crippen LogP contribution in [0.2, 0.25) is 0 Å². The molecule has 128 valence electrons. The zero-order valence-electron chi connectivity index (χ0n) is 13.7. The molecule has 0 fully saturated rings. The van der Waals surface area contributed by atoms with Crippen LogP contribution in [-0.4, -0.2) is 38.9 Å². The van der Waals surface area contributed by atoms with Crippen molar-refractivity contribution in [2.75, 3.05) is 27.8 Å². The van der Waals surface area contributed by atoms with Crippen LogP contribution in [0.5, 0.6) is 11.5 Å². The highest BCUT2D eigenvalue weighted by molar-refractivity contribution is 5.81. The number of aliphatic carboxylic acids is 1. The van der Waals surface area contributed by atoms with Crippen LogP contribution >= 0.6 is 0 Å². The van der Waals surface area contributed by atoms with Crippen molar-refractivity contribution in [3.8, 4) is 22.6 Å². The van der Waals surface area contributed by atoms with E-state index in [1.807, 2.05) is 30.3 Å². The molecular formula is C18H20O6. The number of hydrogen-bond donors (Lipinski definition) is 1. The van der Waals surface area contributed by atoms with Crippen molar-refractivity contribution in [2.24, 2.45) is 0 Å². The number of carboxylic acids is 1. The molecule has 0 unspecified atom stereocenters. The number of carboxylic acid groups (broad SMARTS) is 1. The van der Waals surface area contributed by atoms with Crippen molar-refractivity contribution >= 4 is 5.97 Å². The van der Waals surface area contributed by atoms with Gasteiger partial charge in [-0.25, -0.2) is 0 Å². The highest BCUT2D eigenvalue weighted by Gasteiger charge is 2.17. The van der Waals surface area contributed by atoms with Crippen molar-refractivity contribution in [3.05, 3.63) is 48.0 Å². The molecule has 0 amide bonds. The minimum Gasteiger partial charge on any atom is -0.481 e. The van der Waals surface area contributed by atoms with Crippen LogP contribution in [-0.2, 0) is 20.7 Å². The van der Waals surface area contributed by atoms with E-state index >= 15 is 0 Å².